The van der Waals surface area contributed by atoms with Gasteiger partial charge >= 0.3 is 18.1 Å². The van der Waals surface area contributed by atoms with Crippen LogP contribution in [0, 0.1) is 17.3 Å². The van der Waals surface area contributed by atoms with Gasteiger partial charge in [-0.15, -0.1) is 0 Å². The zero-order valence-electron chi connectivity index (χ0n) is 25.0. The van der Waals surface area contributed by atoms with E-state index in [4.69, 9.17) is 0 Å². The number of carbonyl (C=O) groups is 2. The molecule has 45 heavy (non-hydrogen) atoms. The number of nitrogens with one attached hydrogen (secondary N) is 2. The van der Waals surface area contributed by atoms with Crippen LogP contribution in [-0.4, -0.2) is 34.6 Å². The highest BCUT2D eigenvalue weighted by Gasteiger charge is 2.79. The molecule has 2 amide bonds. The van der Waals surface area contributed by atoms with E-state index in [0.717, 1.165) is 33.4 Å². The Morgan fingerprint density at radius 3 is 2.20 bits per heavy atom. The van der Waals surface area contributed by atoms with Gasteiger partial charge in [0.05, 0.1) is 0 Å². The molecule has 3 N–H and O–H groups in total. The predicted molar refractivity (Wildman–Crippen MR) is 158 cm³/mol. The van der Waals surface area contributed by atoms with E-state index >= 15 is 8.78 Å². The van der Waals surface area contributed by atoms with Crippen LogP contribution in [0.1, 0.15) is 74.5 Å². The minimum atomic E-state index is -5.89. The molecule has 0 spiro atoms. The van der Waals surface area contributed by atoms with Crippen molar-refractivity contribution in [3.63, 3.8) is 0 Å². The molecule has 0 aromatic heterocycles. The molecule has 2 aromatic rings. The molecular weight excluding hydrogens is 591 g/mol. The largest absolute Gasteiger partial charge is 0.456 e. The Labute approximate surface area is 259 Å². The molecule has 0 unspecified atom stereocenters. The number of fused-ring (bicyclic) bond motifs is 4. The van der Waals surface area contributed by atoms with Crippen LogP contribution in [0.3, 0.4) is 0 Å². The normalized spacial score (nSPS) is 29.8. The number of halogens is 5. The third-order valence-corrected chi connectivity index (χ3v) is 10.9. The summed E-state index contributed by atoms with van der Waals surface area (Å²) in [6.07, 6.45) is -2.93. The summed E-state index contributed by atoms with van der Waals surface area (Å²) in [6.45, 7) is 2.02. The van der Waals surface area contributed by atoms with Crippen LogP contribution in [0.2, 0.25) is 0 Å². The van der Waals surface area contributed by atoms with E-state index in [9.17, 15) is 27.9 Å². The van der Waals surface area contributed by atoms with Gasteiger partial charge in [0, 0.05) is 30.8 Å². The van der Waals surface area contributed by atoms with E-state index in [0.29, 0.717) is 32.2 Å². The zero-order chi connectivity index (χ0) is 32.2. The summed E-state index contributed by atoms with van der Waals surface area (Å²) >= 11 is 0. The number of alkyl halides is 5. The number of aliphatic hydroxyl groups is 1. The van der Waals surface area contributed by atoms with Gasteiger partial charge in [-0.2, -0.15) is 22.0 Å². The van der Waals surface area contributed by atoms with E-state index in [1.54, 1.807) is 6.08 Å². The fraction of sp³-hybridized carbons (Fsp3) is 0.486. The second-order valence-electron chi connectivity index (χ2n) is 13.2. The molecule has 0 aliphatic heterocycles. The van der Waals surface area contributed by atoms with Gasteiger partial charge in [0.15, 0.2) is 5.78 Å². The van der Waals surface area contributed by atoms with Crippen LogP contribution < -0.4 is 10.6 Å². The SMILES string of the molecule is C[C@]12C[C@H](c3ccc(CNC(=O)NCc4ccccc4)cc3)C3=C4CCC(=O)C=C4CC[C@H]3[C@@H]1CC[C@@]2(O)C(F)(F)C(F)(F)F. The lowest BCUT2D eigenvalue weighted by Gasteiger charge is -2.56. The van der Waals surface area contributed by atoms with Gasteiger partial charge in [-0.3, -0.25) is 4.79 Å². The minimum absolute atomic E-state index is 0.0368. The van der Waals surface area contributed by atoms with E-state index < -0.39 is 41.4 Å². The number of urea groups is 1. The maximum atomic E-state index is 15.2. The maximum absolute atomic E-state index is 15.2. The van der Waals surface area contributed by atoms with Crippen LogP contribution in [-0.2, 0) is 17.9 Å². The molecule has 0 heterocycles. The van der Waals surface area contributed by atoms with Crippen LogP contribution in [0.4, 0.5) is 26.7 Å². The lowest BCUT2D eigenvalue weighted by molar-refractivity contribution is -0.362. The van der Waals surface area contributed by atoms with E-state index in [2.05, 4.69) is 10.6 Å². The van der Waals surface area contributed by atoms with Crippen LogP contribution in [0.15, 0.2) is 77.4 Å². The first-order valence-corrected chi connectivity index (χ1v) is 15.5. The third-order valence-electron chi connectivity index (χ3n) is 10.9. The van der Waals surface area contributed by atoms with Gasteiger partial charge < -0.3 is 15.7 Å². The Bertz CT molecular complexity index is 1530. The van der Waals surface area contributed by atoms with Crippen molar-refractivity contribution in [1.29, 1.82) is 0 Å². The number of carbonyl (C=O) groups excluding carboxylic acids is 2. The lowest BCUT2D eigenvalue weighted by Crippen LogP contribution is -2.65. The number of rotatable bonds is 6. The van der Waals surface area contributed by atoms with Crippen molar-refractivity contribution in [2.24, 2.45) is 17.3 Å². The Hall–Kier alpha value is -3.53. The number of hydrogen-bond acceptors (Lipinski definition) is 3. The Kier molecular flexibility index (Phi) is 7.95. The summed E-state index contributed by atoms with van der Waals surface area (Å²) in [5, 5.41) is 17.0. The monoisotopic (exact) mass is 628 g/mol. The first kappa shape index (κ1) is 31.5. The van der Waals surface area contributed by atoms with Crippen molar-refractivity contribution in [2.75, 3.05) is 0 Å². The first-order chi connectivity index (χ1) is 21.2. The van der Waals surface area contributed by atoms with Gasteiger partial charge in [0.2, 0.25) is 0 Å². The summed E-state index contributed by atoms with van der Waals surface area (Å²) in [7, 11) is 0. The molecule has 10 heteroatoms. The Morgan fingerprint density at radius 1 is 0.911 bits per heavy atom. The Balaban J connectivity index is 1.29. The van der Waals surface area contributed by atoms with Gasteiger partial charge in [-0.05, 0) is 84.3 Å². The highest BCUT2D eigenvalue weighted by atomic mass is 19.4. The molecule has 0 bridgehead atoms. The first-order valence-electron chi connectivity index (χ1n) is 15.5. The summed E-state index contributed by atoms with van der Waals surface area (Å²) in [5.74, 6) is -6.57. The number of benzene rings is 2. The molecule has 5 atom stereocenters. The van der Waals surface area contributed by atoms with Crippen molar-refractivity contribution in [1.82, 2.24) is 10.6 Å². The van der Waals surface area contributed by atoms with Gasteiger partial charge in [0.25, 0.3) is 0 Å². The van der Waals surface area contributed by atoms with E-state index in [-0.39, 0.29) is 37.1 Å². The molecule has 240 valence electrons. The molecule has 2 fully saturated rings. The molecule has 4 aliphatic rings. The smallest absolute Gasteiger partial charge is 0.383 e. The average Bonchev–Trinajstić information content (AvgIpc) is 3.29. The molecule has 0 saturated heterocycles. The lowest BCUT2D eigenvalue weighted by atomic mass is 9.50. The molecule has 5 nitrogen and oxygen atoms in total. The van der Waals surface area contributed by atoms with E-state index in [1.165, 1.54) is 6.92 Å². The summed E-state index contributed by atoms with van der Waals surface area (Å²) in [4.78, 5) is 24.6. The molecular formula is C35H37F5N2O3. The minimum Gasteiger partial charge on any atom is -0.383 e. The van der Waals surface area contributed by atoms with Gasteiger partial charge in [-0.25, -0.2) is 4.79 Å². The molecule has 6 rings (SSSR count). The number of ketones is 1. The third kappa shape index (κ3) is 5.28. The second-order valence-corrected chi connectivity index (χ2v) is 13.2. The summed E-state index contributed by atoms with van der Waals surface area (Å²) in [5.41, 5.74) is 0.534. The fourth-order valence-electron chi connectivity index (χ4n) is 8.61. The van der Waals surface area contributed by atoms with E-state index in [1.807, 2.05) is 54.6 Å². The summed E-state index contributed by atoms with van der Waals surface area (Å²) in [6, 6.07) is 16.4. The average molecular weight is 629 g/mol. The predicted octanol–water partition coefficient (Wildman–Crippen LogP) is 7.51. The van der Waals surface area contributed by atoms with Crippen molar-refractivity contribution in [3.05, 3.63) is 94.1 Å². The number of allylic oxidation sites excluding steroid dienone is 4. The van der Waals surface area contributed by atoms with Gasteiger partial charge in [0.1, 0.15) is 5.60 Å². The molecule has 2 aromatic carbocycles. The molecule has 0 radical (unpaired) electrons. The van der Waals surface area contributed by atoms with Gasteiger partial charge in [-0.1, -0.05) is 67.1 Å². The standard InChI is InChI=1S/C35H37F5N2O3/c1-32-18-28(23-9-7-22(8-10-23)20-42-31(44)41-19-21-5-3-2-4-6-21)30-26-14-12-25(43)17-24(26)11-13-27(30)29(32)15-16-33(32,45)34(36,37)35(38,39)40/h2-10,17,27-29,45H,11-16,18-20H2,1H3,(H2,41,42,44)/t27-,28+,29-,32-,33-/m0/s1. The zero-order valence-corrected chi connectivity index (χ0v) is 25.0. The fourth-order valence-corrected chi connectivity index (χ4v) is 8.61. The number of amides is 2. The topological polar surface area (TPSA) is 78.4 Å². The van der Waals surface area contributed by atoms with Crippen LogP contribution in [0.25, 0.3) is 0 Å². The summed E-state index contributed by atoms with van der Waals surface area (Å²) < 4.78 is 71.7. The van der Waals surface area contributed by atoms with Crippen molar-refractivity contribution < 1.29 is 36.6 Å². The quantitative estimate of drug-likeness (QED) is 0.290. The second kappa shape index (κ2) is 11.4. The molecule has 4 aliphatic carbocycles. The van der Waals surface area contributed by atoms with Crippen molar-refractivity contribution in [3.8, 4) is 0 Å². The van der Waals surface area contributed by atoms with Crippen LogP contribution in [0.5, 0.6) is 0 Å². The highest BCUT2D eigenvalue weighted by Crippen LogP contribution is 2.70. The van der Waals surface area contributed by atoms with Crippen molar-refractivity contribution >= 4 is 11.8 Å². The van der Waals surface area contributed by atoms with Crippen molar-refractivity contribution in [2.45, 2.75) is 88.6 Å². The Morgan fingerprint density at radius 2 is 1.56 bits per heavy atom. The molecule has 2 saturated carbocycles. The maximum Gasteiger partial charge on any atom is 0.456 e. The number of hydrogen-bond donors (Lipinski definition) is 3. The highest BCUT2D eigenvalue weighted by molar-refractivity contribution is 5.93. The van der Waals surface area contributed by atoms with Crippen LogP contribution >= 0.6 is 0 Å².